The van der Waals surface area contributed by atoms with E-state index in [1.54, 1.807) is 6.26 Å². The van der Waals surface area contributed by atoms with Crippen molar-refractivity contribution in [1.29, 1.82) is 0 Å². The minimum atomic E-state index is -1.05. The molecule has 2 heterocycles. The molecule has 1 aromatic carbocycles. The van der Waals surface area contributed by atoms with Gasteiger partial charge in [-0.05, 0) is 0 Å². The van der Waals surface area contributed by atoms with Crippen LogP contribution in [0.15, 0.2) is 36.5 Å². The van der Waals surface area contributed by atoms with Crippen LogP contribution in [-0.4, -0.2) is 41.6 Å². The van der Waals surface area contributed by atoms with Gasteiger partial charge in [0.15, 0.2) is 5.69 Å². The molecule has 3 aromatic rings. The summed E-state index contributed by atoms with van der Waals surface area (Å²) < 4.78 is 12.5. The molecule has 0 aliphatic rings. The van der Waals surface area contributed by atoms with Crippen molar-refractivity contribution >= 4 is 28.0 Å². The molecule has 0 fully saturated rings. The SMILES string of the molecule is CS(=O)Cn1cc(C(=O)NCc2nnc(-c3ccccc3)s2)nn1. The number of benzene rings is 1. The first-order chi connectivity index (χ1) is 11.6. The number of hydrogen-bond acceptors (Lipinski definition) is 7. The summed E-state index contributed by atoms with van der Waals surface area (Å²) in [6, 6.07) is 9.72. The van der Waals surface area contributed by atoms with Gasteiger partial charge in [-0.1, -0.05) is 46.9 Å². The number of nitrogens with one attached hydrogen (secondary N) is 1. The quantitative estimate of drug-likeness (QED) is 0.703. The Morgan fingerprint density at radius 3 is 2.79 bits per heavy atom. The van der Waals surface area contributed by atoms with Gasteiger partial charge in [-0.3, -0.25) is 9.00 Å². The van der Waals surface area contributed by atoms with E-state index in [0.717, 1.165) is 10.6 Å². The molecule has 1 atom stereocenters. The Labute approximate surface area is 144 Å². The van der Waals surface area contributed by atoms with Gasteiger partial charge >= 0.3 is 0 Å². The lowest BCUT2D eigenvalue weighted by molar-refractivity contribution is 0.0945. The fourth-order valence-corrected chi connectivity index (χ4v) is 3.20. The summed E-state index contributed by atoms with van der Waals surface area (Å²) in [5, 5.41) is 20.0. The molecule has 0 radical (unpaired) electrons. The van der Waals surface area contributed by atoms with Crippen LogP contribution in [0.5, 0.6) is 0 Å². The minimum absolute atomic E-state index is 0.174. The summed E-state index contributed by atoms with van der Waals surface area (Å²) in [4.78, 5) is 12.0. The number of amides is 1. The largest absolute Gasteiger partial charge is 0.344 e. The summed E-state index contributed by atoms with van der Waals surface area (Å²) in [5.74, 6) is -0.156. The van der Waals surface area contributed by atoms with Crippen molar-refractivity contribution < 1.29 is 9.00 Å². The van der Waals surface area contributed by atoms with Gasteiger partial charge in [0.25, 0.3) is 5.91 Å². The van der Waals surface area contributed by atoms with Crippen LogP contribution in [0.3, 0.4) is 0 Å². The smallest absolute Gasteiger partial charge is 0.273 e. The summed E-state index contributed by atoms with van der Waals surface area (Å²) in [6.45, 7) is 0.260. The van der Waals surface area contributed by atoms with Crippen LogP contribution in [0.2, 0.25) is 0 Å². The standard InChI is InChI=1S/C14H14N6O2S2/c1-24(22)9-20-8-11(16-19-20)13(21)15-7-12-17-18-14(23-12)10-5-3-2-4-6-10/h2-6,8H,7,9H2,1H3,(H,15,21). The van der Waals surface area contributed by atoms with E-state index in [2.05, 4.69) is 25.8 Å². The molecular weight excluding hydrogens is 348 g/mol. The minimum Gasteiger partial charge on any atom is -0.344 e. The molecule has 10 heteroatoms. The maximum atomic E-state index is 12.0. The molecule has 1 unspecified atom stereocenters. The van der Waals surface area contributed by atoms with Crippen molar-refractivity contribution in [2.24, 2.45) is 0 Å². The summed E-state index contributed by atoms with van der Waals surface area (Å²) in [7, 11) is -1.05. The van der Waals surface area contributed by atoms with Crippen molar-refractivity contribution in [3.05, 3.63) is 47.2 Å². The van der Waals surface area contributed by atoms with E-state index in [9.17, 15) is 9.00 Å². The highest BCUT2D eigenvalue weighted by Gasteiger charge is 2.13. The maximum Gasteiger partial charge on any atom is 0.273 e. The topological polar surface area (TPSA) is 103 Å². The zero-order chi connectivity index (χ0) is 16.9. The molecule has 0 saturated carbocycles. The molecular formula is C14H14N6O2S2. The van der Waals surface area contributed by atoms with Crippen molar-refractivity contribution in [2.45, 2.75) is 12.4 Å². The van der Waals surface area contributed by atoms with Gasteiger partial charge in [-0.15, -0.1) is 15.3 Å². The third kappa shape index (κ3) is 4.09. The highest BCUT2D eigenvalue weighted by Crippen LogP contribution is 2.22. The average molecular weight is 362 g/mol. The molecule has 0 saturated heterocycles. The number of nitrogens with zero attached hydrogens (tertiary/aromatic N) is 5. The molecule has 2 aromatic heterocycles. The number of rotatable bonds is 6. The van der Waals surface area contributed by atoms with Crippen molar-refractivity contribution in [2.75, 3.05) is 6.26 Å². The van der Waals surface area contributed by atoms with Gasteiger partial charge in [-0.2, -0.15) is 0 Å². The second-order valence-corrected chi connectivity index (χ2v) is 7.36. The van der Waals surface area contributed by atoms with E-state index in [0.29, 0.717) is 5.01 Å². The van der Waals surface area contributed by atoms with Gasteiger partial charge in [0.2, 0.25) is 0 Å². The molecule has 1 N–H and O–H groups in total. The van der Waals surface area contributed by atoms with Crippen molar-refractivity contribution in [3.63, 3.8) is 0 Å². The number of aromatic nitrogens is 5. The van der Waals surface area contributed by atoms with E-state index < -0.39 is 10.8 Å². The molecule has 0 spiro atoms. The summed E-state index contributed by atoms with van der Waals surface area (Å²) >= 11 is 1.42. The van der Waals surface area contributed by atoms with E-state index >= 15 is 0 Å². The van der Waals surface area contributed by atoms with Crippen molar-refractivity contribution in [3.8, 4) is 10.6 Å². The van der Waals surface area contributed by atoms with Crippen molar-refractivity contribution in [1.82, 2.24) is 30.5 Å². The van der Waals surface area contributed by atoms with E-state index in [1.165, 1.54) is 22.2 Å². The van der Waals surface area contributed by atoms with Crippen LogP contribution in [0, 0.1) is 0 Å². The monoisotopic (exact) mass is 362 g/mol. The molecule has 0 aliphatic carbocycles. The van der Waals surface area contributed by atoms with Crippen LogP contribution >= 0.6 is 11.3 Å². The Balaban J connectivity index is 1.59. The zero-order valence-corrected chi connectivity index (χ0v) is 14.4. The lowest BCUT2D eigenvalue weighted by Gasteiger charge is -1.98. The summed E-state index contributed by atoms with van der Waals surface area (Å²) in [5.41, 5.74) is 1.16. The van der Waals surface area contributed by atoms with E-state index in [1.807, 2.05) is 30.3 Å². The lowest BCUT2D eigenvalue weighted by atomic mass is 10.2. The molecule has 1 amide bonds. The molecule has 124 valence electrons. The van der Waals surface area contributed by atoms with E-state index in [-0.39, 0.29) is 24.0 Å². The van der Waals surface area contributed by atoms with Gasteiger partial charge < -0.3 is 5.32 Å². The van der Waals surface area contributed by atoms with E-state index in [4.69, 9.17) is 0 Å². The van der Waals surface area contributed by atoms with Crippen LogP contribution in [0.25, 0.3) is 10.6 Å². The zero-order valence-electron chi connectivity index (χ0n) is 12.7. The molecule has 0 aliphatic heterocycles. The normalized spacial score (nSPS) is 12.0. The number of carbonyl (C=O) groups excluding carboxylic acids is 1. The van der Waals surface area contributed by atoms with Gasteiger partial charge in [0.1, 0.15) is 15.9 Å². The average Bonchev–Trinajstić information content (AvgIpc) is 3.22. The molecule has 3 rings (SSSR count). The van der Waals surface area contributed by atoms with Gasteiger partial charge in [-0.25, -0.2) is 4.68 Å². The van der Waals surface area contributed by atoms with Gasteiger partial charge in [0, 0.05) is 22.6 Å². The highest BCUT2D eigenvalue weighted by atomic mass is 32.2. The Morgan fingerprint density at radius 1 is 1.25 bits per heavy atom. The first kappa shape index (κ1) is 16.4. The Kier molecular flexibility index (Phi) is 5.06. The maximum absolute atomic E-state index is 12.0. The predicted molar refractivity (Wildman–Crippen MR) is 90.6 cm³/mol. The fourth-order valence-electron chi connectivity index (χ4n) is 1.92. The lowest BCUT2D eigenvalue weighted by Crippen LogP contribution is -2.23. The Hall–Kier alpha value is -2.46. The van der Waals surface area contributed by atoms with Crippen LogP contribution in [0.4, 0.5) is 0 Å². The Morgan fingerprint density at radius 2 is 2.04 bits per heavy atom. The van der Waals surface area contributed by atoms with Crippen LogP contribution in [-0.2, 0) is 23.2 Å². The third-order valence-electron chi connectivity index (χ3n) is 2.97. The first-order valence-electron chi connectivity index (χ1n) is 6.98. The third-order valence-corrected chi connectivity index (χ3v) is 4.57. The number of hydrogen-bond donors (Lipinski definition) is 1. The second kappa shape index (κ2) is 7.41. The predicted octanol–water partition coefficient (Wildman–Crippen LogP) is 1.06. The van der Waals surface area contributed by atoms with Crippen LogP contribution < -0.4 is 5.32 Å². The molecule has 8 nitrogen and oxygen atoms in total. The highest BCUT2D eigenvalue weighted by molar-refractivity contribution is 7.83. The summed E-state index contributed by atoms with van der Waals surface area (Å²) in [6.07, 6.45) is 3.02. The fraction of sp³-hybridized carbons (Fsp3) is 0.214. The Bertz CT molecular complexity index is 861. The second-order valence-electron chi connectivity index (χ2n) is 4.90. The molecule has 0 bridgehead atoms. The molecule has 24 heavy (non-hydrogen) atoms. The number of carbonyl (C=O) groups is 1. The van der Waals surface area contributed by atoms with Gasteiger partial charge in [0.05, 0.1) is 12.7 Å². The first-order valence-corrected chi connectivity index (χ1v) is 9.52. The van der Waals surface area contributed by atoms with Crippen LogP contribution in [0.1, 0.15) is 15.5 Å².